The van der Waals surface area contributed by atoms with Gasteiger partial charge in [0.15, 0.2) is 6.29 Å². The van der Waals surface area contributed by atoms with E-state index in [0.29, 0.717) is 13.0 Å². The van der Waals surface area contributed by atoms with E-state index in [9.17, 15) is 33.1 Å². The van der Waals surface area contributed by atoms with Crippen molar-refractivity contribution >= 4 is 16.4 Å². The quantitative estimate of drug-likeness (QED) is 0.0197. The zero-order chi connectivity index (χ0) is 47.5. The molecule has 6 atom stereocenters. The molecule has 13 heteroatoms. The number of aliphatic hydroxyl groups excluding tert-OH is 3. The number of hydrogen-bond donors (Lipinski definition) is 4. The summed E-state index contributed by atoms with van der Waals surface area (Å²) in [6.07, 6.45) is 45.5. The van der Waals surface area contributed by atoms with Gasteiger partial charge in [-0.05, 0) is 57.8 Å². The van der Waals surface area contributed by atoms with Gasteiger partial charge in [-0.2, -0.15) is 8.42 Å². The van der Waals surface area contributed by atoms with E-state index in [0.717, 1.165) is 70.6 Å². The molecule has 0 aromatic rings. The summed E-state index contributed by atoms with van der Waals surface area (Å²) in [7, 11) is -5.07. The summed E-state index contributed by atoms with van der Waals surface area (Å²) in [4.78, 5) is 12.9. The van der Waals surface area contributed by atoms with Crippen LogP contribution in [-0.4, -0.2) is 97.5 Å². The second-order valence-electron chi connectivity index (χ2n) is 17.4. The Labute approximate surface area is 395 Å². The summed E-state index contributed by atoms with van der Waals surface area (Å²) in [5, 5.41) is 30.7. The first-order chi connectivity index (χ1) is 31.6. The first-order valence-electron chi connectivity index (χ1n) is 25.5. The van der Waals surface area contributed by atoms with Gasteiger partial charge in [0.25, 0.3) is 0 Å². The molecular weight excluding hydrogens is 849 g/mol. The smallest absolute Gasteiger partial charge is 0.397 e. The van der Waals surface area contributed by atoms with Crippen molar-refractivity contribution in [2.75, 3.05) is 26.4 Å². The Kier molecular flexibility index (Phi) is 40.3. The van der Waals surface area contributed by atoms with E-state index in [4.69, 9.17) is 18.9 Å². The number of unbranched alkanes of at least 4 members (excludes halogenated alkanes) is 21. The number of hydrogen-bond acceptors (Lipinski definition) is 11. The zero-order valence-electron chi connectivity index (χ0n) is 40.5. The molecule has 0 saturated carbocycles. The van der Waals surface area contributed by atoms with E-state index in [1.165, 1.54) is 103 Å². The molecule has 1 aliphatic rings. The highest BCUT2D eigenvalue weighted by atomic mass is 32.3. The van der Waals surface area contributed by atoms with Crippen molar-refractivity contribution < 1.29 is 56.2 Å². The lowest BCUT2D eigenvalue weighted by Crippen LogP contribution is -2.60. The Morgan fingerprint density at radius 2 is 1.06 bits per heavy atom. The molecule has 0 amide bonds. The average molecular weight is 941 g/mol. The molecule has 1 heterocycles. The predicted molar refractivity (Wildman–Crippen MR) is 262 cm³/mol. The van der Waals surface area contributed by atoms with Crippen LogP contribution in [0.15, 0.2) is 60.8 Å². The molecule has 0 aromatic carbocycles. The lowest BCUT2D eigenvalue weighted by atomic mass is 9.99. The fraction of sp³-hybridized carbons (Fsp3) is 0.788. The average Bonchev–Trinajstić information content (AvgIpc) is 3.28. The van der Waals surface area contributed by atoms with Gasteiger partial charge >= 0.3 is 16.4 Å². The molecule has 65 heavy (non-hydrogen) atoms. The number of rotatable bonds is 44. The Balaban J connectivity index is 2.39. The number of allylic oxidation sites excluding steroid dienone is 10. The molecule has 12 nitrogen and oxygen atoms in total. The third kappa shape index (κ3) is 36.5. The molecule has 0 aromatic heterocycles. The van der Waals surface area contributed by atoms with Crippen molar-refractivity contribution in [3.8, 4) is 0 Å². The van der Waals surface area contributed by atoms with E-state index >= 15 is 0 Å². The van der Waals surface area contributed by atoms with Crippen LogP contribution in [0.5, 0.6) is 0 Å². The Morgan fingerprint density at radius 1 is 0.600 bits per heavy atom. The highest BCUT2D eigenvalue weighted by Gasteiger charge is 2.48. The fourth-order valence-corrected chi connectivity index (χ4v) is 8.09. The van der Waals surface area contributed by atoms with E-state index in [2.05, 4.69) is 78.8 Å². The van der Waals surface area contributed by atoms with Crippen LogP contribution in [0.2, 0.25) is 0 Å². The Morgan fingerprint density at radius 3 is 1.52 bits per heavy atom. The first kappa shape index (κ1) is 60.8. The third-order valence-corrected chi connectivity index (χ3v) is 11.9. The summed E-state index contributed by atoms with van der Waals surface area (Å²) in [5.41, 5.74) is 0. The third-order valence-electron chi connectivity index (χ3n) is 11.4. The summed E-state index contributed by atoms with van der Waals surface area (Å²) in [5.74, 6) is -0.413. The van der Waals surface area contributed by atoms with Crippen LogP contribution in [0.1, 0.15) is 200 Å². The minimum atomic E-state index is -5.07. The van der Waals surface area contributed by atoms with E-state index < -0.39 is 59.8 Å². The molecule has 0 spiro atoms. The van der Waals surface area contributed by atoms with Crippen LogP contribution in [0.4, 0.5) is 0 Å². The monoisotopic (exact) mass is 941 g/mol. The van der Waals surface area contributed by atoms with Crippen molar-refractivity contribution in [1.29, 1.82) is 0 Å². The van der Waals surface area contributed by atoms with Crippen LogP contribution in [-0.2, 0) is 38.3 Å². The van der Waals surface area contributed by atoms with Gasteiger partial charge in [0, 0.05) is 13.0 Å². The maximum atomic E-state index is 12.9. The first-order valence-corrected chi connectivity index (χ1v) is 26.9. The second-order valence-corrected chi connectivity index (χ2v) is 18.4. The lowest BCUT2D eigenvalue weighted by molar-refractivity contribution is -0.301. The second kappa shape index (κ2) is 43.1. The van der Waals surface area contributed by atoms with Gasteiger partial charge in [0.1, 0.15) is 30.5 Å². The molecule has 1 saturated heterocycles. The zero-order valence-corrected chi connectivity index (χ0v) is 41.4. The van der Waals surface area contributed by atoms with Gasteiger partial charge in [-0.25, -0.2) is 4.18 Å². The van der Waals surface area contributed by atoms with E-state index in [1.54, 1.807) is 0 Å². The summed E-state index contributed by atoms with van der Waals surface area (Å²) >= 11 is 0. The molecule has 0 radical (unpaired) electrons. The van der Waals surface area contributed by atoms with Crippen LogP contribution in [0.3, 0.4) is 0 Å². The van der Waals surface area contributed by atoms with Gasteiger partial charge in [-0.3, -0.25) is 9.35 Å². The molecule has 0 aliphatic carbocycles. The van der Waals surface area contributed by atoms with Gasteiger partial charge in [-0.1, -0.05) is 197 Å². The molecule has 4 N–H and O–H groups in total. The van der Waals surface area contributed by atoms with E-state index in [1.807, 2.05) is 0 Å². The minimum Gasteiger partial charge on any atom is -0.457 e. The van der Waals surface area contributed by atoms with Crippen LogP contribution >= 0.6 is 0 Å². The molecule has 6 unspecified atom stereocenters. The Bertz CT molecular complexity index is 1360. The maximum absolute atomic E-state index is 12.9. The van der Waals surface area contributed by atoms with Crippen molar-refractivity contribution in [2.24, 2.45) is 0 Å². The van der Waals surface area contributed by atoms with Crippen LogP contribution in [0, 0.1) is 0 Å². The molecule has 1 aliphatic heterocycles. The van der Waals surface area contributed by atoms with Gasteiger partial charge in [-0.15, -0.1) is 0 Å². The lowest BCUT2D eigenvalue weighted by Gasteiger charge is -2.41. The van der Waals surface area contributed by atoms with Crippen molar-refractivity contribution in [3.05, 3.63) is 60.8 Å². The number of aliphatic hydroxyl groups is 3. The van der Waals surface area contributed by atoms with E-state index in [-0.39, 0.29) is 19.6 Å². The normalized spacial score (nSPS) is 20.1. The Hall–Kier alpha value is -2.20. The molecule has 378 valence electrons. The molecular formula is C52H92O12S. The fourth-order valence-electron chi connectivity index (χ4n) is 7.58. The molecule has 1 fully saturated rings. The standard InChI is InChI=1S/C52H92O12S/c1-3-5-7-9-11-13-15-17-19-21-23-24-25-27-29-31-33-35-37-39-41-48(54)62-46(45-61-52-50(56)51(64-65(57,58)59)49(55)47(43-53)63-52)44-60-42-40-38-36-34-32-30-28-26-22-20-18-16-14-12-10-8-6-4-2/h6,8,12,14,18,20,26,28,32,34,46-47,49-53,55-56H,3-5,7,9-11,13,15-17,19,21-25,27,29-31,33,35-45H2,1-2H3,(H,57,58,59)/b8-6-,14-12-,20-18-,28-26-,34-32-. The highest BCUT2D eigenvalue weighted by Crippen LogP contribution is 2.26. The highest BCUT2D eigenvalue weighted by molar-refractivity contribution is 7.80. The van der Waals surface area contributed by atoms with Crippen LogP contribution in [0.25, 0.3) is 0 Å². The van der Waals surface area contributed by atoms with Crippen molar-refractivity contribution in [2.45, 2.75) is 237 Å². The number of carbonyl (C=O) groups is 1. The topological polar surface area (TPSA) is 178 Å². The summed E-state index contributed by atoms with van der Waals surface area (Å²) in [6, 6.07) is 0. The van der Waals surface area contributed by atoms with Gasteiger partial charge < -0.3 is 34.3 Å². The predicted octanol–water partition coefficient (Wildman–Crippen LogP) is 11.7. The minimum absolute atomic E-state index is 0.00643. The van der Waals surface area contributed by atoms with Crippen molar-refractivity contribution in [3.63, 3.8) is 0 Å². The number of esters is 1. The van der Waals surface area contributed by atoms with Crippen molar-refractivity contribution in [1.82, 2.24) is 0 Å². The summed E-state index contributed by atoms with van der Waals surface area (Å²) < 4.78 is 59.2. The molecule has 1 rings (SSSR count). The number of carbonyl (C=O) groups excluding carboxylic acids is 1. The van der Waals surface area contributed by atoms with Gasteiger partial charge in [0.05, 0.1) is 19.8 Å². The SMILES string of the molecule is CC/C=C\C/C=C\C/C=C\C/C=C\C/C=C\CCCCOCC(COC1OC(CO)C(O)C(OS(=O)(=O)O)C1O)OC(=O)CCCCCCCCCCCCCCCCCCCCCC. The molecule has 0 bridgehead atoms. The largest absolute Gasteiger partial charge is 0.457 e. The van der Waals surface area contributed by atoms with Gasteiger partial charge in [0.2, 0.25) is 0 Å². The summed E-state index contributed by atoms with van der Waals surface area (Å²) in [6.45, 7) is 3.79. The van der Waals surface area contributed by atoms with Crippen LogP contribution < -0.4 is 0 Å². The maximum Gasteiger partial charge on any atom is 0.397 e. The number of ether oxygens (including phenoxy) is 4.